The highest BCUT2D eigenvalue weighted by Crippen LogP contribution is 2.42. The summed E-state index contributed by atoms with van der Waals surface area (Å²) < 4.78 is 11.0. The van der Waals surface area contributed by atoms with Crippen molar-refractivity contribution in [2.45, 2.75) is 38.3 Å². The van der Waals surface area contributed by atoms with E-state index in [0.717, 1.165) is 5.56 Å². The maximum Gasteiger partial charge on any atom is 0.337 e. The van der Waals surface area contributed by atoms with Crippen molar-refractivity contribution >= 4 is 23.3 Å². The number of nitro benzene ring substituents is 1. The number of non-ortho nitro benzene ring substituents is 1. The second-order valence-corrected chi connectivity index (χ2v) is 9.76. The van der Waals surface area contributed by atoms with Gasteiger partial charge in [0.05, 0.1) is 24.2 Å². The molecule has 0 saturated carbocycles. The van der Waals surface area contributed by atoms with Crippen LogP contribution in [0.3, 0.4) is 0 Å². The Morgan fingerprint density at radius 3 is 2.58 bits per heavy atom. The molecule has 38 heavy (non-hydrogen) atoms. The van der Waals surface area contributed by atoms with Crippen molar-refractivity contribution in [2.75, 3.05) is 26.8 Å². The highest BCUT2D eigenvalue weighted by Gasteiger charge is 2.46. The Bertz CT molecular complexity index is 1290. The molecule has 0 amide bonds. The van der Waals surface area contributed by atoms with Crippen LogP contribution < -0.4 is 0 Å². The number of aliphatic hydroxyl groups is 1. The molecule has 1 fully saturated rings. The van der Waals surface area contributed by atoms with Crippen LogP contribution in [0.4, 0.5) is 5.69 Å². The highest BCUT2D eigenvalue weighted by molar-refractivity contribution is 6.07. The summed E-state index contributed by atoms with van der Waals surface area (Å²) in [6, 6.07) is 15.7. The van der Waals surface area contributed by atoms with E-state index in [2.05, 4.69) is 9.89 Å². The van der Waals surface area contributed by atoms with Gasteiger partial charge in [0.25, 0.3) is 5.69 Å². The summed E-state index contributed by atoms with van der Waals surface area (Å²) in [5.74, 6) is -3.23. The van der Waals surface area contributed by atoms with Crippen LogP contribution in [0.2, 0.25) is 0 Å². The first kappa shape index (κ1) is 27.2. The van der Waals surface area contributed by atoms with Crippen molar-refractivity contribution in [3.63, 3.8) is 0 Å². The van der Waals surface area contributed by atoms with E-state index in [1.807, 2.05) is 30.3 Å². The van der Waals surface area contributed by atoms with Crippen LogP contribution in [-0.4, -0.2) is 65.0 Å². The van der Waals surface area contributed by atoms with Crippen LogP contribution in [0.25, 0.3) is 0 Å². The molecular formula is C28H31N3O7. The maximum atomic E-state index is 13.8. The molecule has 2 aromatic carbocycles. The van der Waals surface area contributed by atoms with Crippen LogP contribution in [0.5, 0.6) is 0 Å². The molecule has 2 aliphatic heterocycles. The zero-order chi connectivity index (χ0) is 27.4. The Labute approximate surface area is 220 Å². The second kappa shape index (κ2) is 11.2. The molecule has 0 bridgehead atoms. The third-order valence-corrected chi connectivity index (χ3v) is 7.19. The molecule has 200 valence electrons. The molecule has 0 aromatic heterocycles. The normalized spacial score (nSPS) is 23.6. The maximum absolute atomic E-state index is 13.8. The first-order chi connectivity index (χ1) is 18.2. The van der Waals surface area contributed by atoms with E-state index in [1.165, 1.54) is 25.3 Å². The number of hydrogen-bond acceptors (Lipinski definition) is 9. The Hall–Kier alpha value is -3.89. The zero-order valence-electron chi connectivity index (χ0n) is 21.6. The first-order valence-electron chi connectivity index (χ1n) is 12.4. The summed E-state index contributed by atoms with van der Waals surface area (Å²) in [5.41, 5.74) is 1.08. The summed E-state index contributed by atoms with van der Waals surface area (Å²) in [6.45, 7) is 4.52. The van der Waals surface area contributed by atoms with Gasteiger partial charge < -0.3 is 14.6 Å². The lowest BCUT2D eigenvalue weighted by molar-refractivity contribution is -0.384. The van der Waals surface area contributed by atoms with Gasteiger partial charge >= 0.3 is 11.9 Å². The largest absolute Gasteiger partial charge is 0.468 e. The van der Waals surface area contributed by atoms with Crippen molar-refractivity contribution in [1.82, 2.24) is 4.90 Å². The number of benzene rings is 2. The third-order valence-electron chi connectivity index (χ3n) is 7.19. The van der Waals surface area contributed by atoms with Crippen molar-refractivity contribution in [2.24, 2.45) is 10.9 Å². The topological polar surface area (TPSA) is 132 Å². The van der Waals surface area contributed by atoms with E-state index < -0.39 is 34.3 Å². The quantitative estimate of drug-likeness (QED) is 0.318. The van der Waals surface area contributed by atoms with Crippen molar-refractivity contribution in [3.8, 4) is 0 Å². The molecule has 2 aliphatic rings. The van der Waals surface area contributed by atoms with Gasteiger partial charge in [-0.25, -0.2) is 4.79 Å². The van der Waals surface area contributed by atoms with Gasteiger partial charge in [-0.2, -0.15) is 0 Å². The average molecular weight is 522 g/mol. The lowest BCUT2D eigenvalue weighted by atomic mass is 9.75. The lowest BCUT2D eigenvalue weighted by Gasteiger charge is -2.34. The Morgan fingerprint density at radius 1 is 1.18 bits per heavy atom. The number of ether oxygens (including phenoxy) is 2. The fourth-order valence-electron chi connectivity index (χ4n) is 5.33. The van der Waals surface area contributed by atoms with Gasteiger partial charge in [0, 0.05) is 55.5 Å². The van der Waals surface area contributed by atoms with Crippen molar-refractivity contribution in [1.29, 1.82) is 0 Å². The van der Waals surface area contributed by atoms with Crippen LogP contribution in [0.15, 0.2) is 70.9 Å². The molecular weight excluding hydrogens is 490 g/mol. The number of carbonyl (C=O) groups excluding carboxylic acids is 2. The summed E-state index contributed by atoms with van der Waals surface area (Å²) in [5, 5.41) is 21.8. The average Bonchev–Trinajstić information content (AvgIpc) is 3.30. The minimum atomic E-state index is -1.14. The number of methoxy groups -OCH3 is 1. The van der Waals surface area contributed by atoms with E-state index >= 15 is 0 Å². The molecule has 3 unspecified atom stereocenters. The lowest BCUT2D eigenvalue weighted by Crippen LogP contribution is -2.44. The number of aliphatic imine (C=N–C) groups is 1. The SMILES string of the molecule is COC(=O)C1C(C)=NC(C)=C(C(=O)OC2(CO)CCN(Cc3ccccc3)C2)C1c1cccc([N+](=O)[O-])c1. The van der Waals surface area contributed by atoms with Gasteiger partial charge in [0.1, 0.15) is 11.5 Å². The van der Waals surface area contributed by atoms with Gasteiger partial charge in [0.2, 0.25) is 0 Å². The Morgan fingerprint density at radius 2 is 1.92 bits per heavy atom. The molecule has 10 nitrogen and oxygen atoms in total. The summed E-state index contributed by atoms with van der Waals surface area (Å²) in [4.78, 5) is 44.2. The minimum Gasteiger partial charge on any atom is -0.468 e. The van der Waals surface area contributed by atoms with E-state index in [1.54, 1.807) is 19.9 Å². The number of rotatable bonds is 8. The monoisotopic (exact) mass is 521 g/mol. The van der Waals surface area contributed by atoms with Crippen LogP contribution in [-0.2, 0) is 25.6 Å². The van der Waals surface area contributed by atoms with E-state index in [0.29, 0.717) is 43.0 Å². The zero-order valence-corrected chi connectivity index (χ0v) is 21.6. The first-order valence-corrected chi connectivity index (χ1v) is 12.4. The predicted molar refractivity (Wildman–Crippen MR) is 139 cm³/mol. The number of likely N-dealkylation sites (tertiary alicyclic amines) is 1. The van der Waals surface area contributed by atoms with E-state index in [4.69, 9.17) is 9.47 Å². The number of nitro groups is 1. The molecule has 4 rings (SSSR count). The number of allylic oxidation sites excluding steroid dienone is 1. The second-order valence-electron chi connectivity index (χ2n) is 9.76. The summed E-state index contributed by atoms with van der Waals surface area (Å²) >= 11 is 0. The fraction of sp³-hybridized carbons (Fsp3) is 0.393. The number of aliphatic hydroxyl groups excluding tert-OH is 1. The number of nitrogens with zero attached hydrogens (tertiary/aromatic N) is 3. The molecule has 2 heterocycles. The number of carbonyl (C=O) groups is 2. The van der Waals surface area contributed by atoms with Gasteiger partial charge in [-0.15, -0.1) is 0 Å². The standard InChI is InChI=1S/C28H31N3O7/c1-18-23(26(33)37-3)25(21-10-7-11-22(14-21)31(35)36)24(19(2)29-18)27(34)38-28(17-32)12-13-30(16-28)15-20-8-5-4-6-9-20/h4-11,14,23,25,32H,12-13,15-17H2,1-3H3. The molecule has 0 aliphatic carbocycles. The smallest absolute Gasteiger partial charge is 0.337 e. The predicted octanol–water partition coefficient (Wildman–Crippen LogP) is 3.40. The summed E-state index contributed by atoms with van der Waals surface area (Å²) in [6.07, 6.45) is 0.429. The number of esters is 2. The van der Waals surface area contributed by atoms with E-state index in [9.17, 15) is 24.8 Å². The van der Waals surface area contributed by atoms with Crippen LogP contribution in [0.1, 0.15) is 37.3 Å². The molecule has 2 aromatic rings. The Kier molecular flexibility index (Phi) is 8.03. The van der Waals surface area contributed by atoms with Gasteiger partial charge in [-0.3, -0.25) is 24.8 Å². The summed E-state index contributed by atoms with van der Waals surface area (Å²) in [7, 11) is 1.24. The molecule has 1 N–H and O–H groups in total. The molecule has 3 atom stereocenters. The van der Waals surface area contributed by atoms with Crippen molar-refractivity contribution < 1.29 is 29.1 Å². The van der Waals surface area contributed by atoms with E-state index in [-0.39, 0.29) is 17.9 Å². The van der Waals surface area contributed by atoms with Crippen LogP contribution in [0, 0.1) is 16.0 Å². The third kappa shape index (κ3) is 5.51. The van der Waals surface area contributed by atoms with Gasteiger partial charge in [0.15, 0.2) is 0 Å². The molecule has 0 spiro atoms. The Balaban J connectivity index is 1.67. The highest BCUT2D eigenvalue weighted by atomic mass is 16.6. The molecule has 10 heteroatoms. The van der Waals surface area contributed by atoms with Gasteiger partial charge in [-0.05, 0) is 25.0 Å². The minimum absolute atomic E-state index is 0.112. The molecule has 1 saturated heterocycles. The van der Waals surface area contributed by atoms with Gasteiger partial charge in [-0.1, -0.05) is 42.5 Å². The van der Waals surface area contributed by atoms with Crippen LogP contribution >= 0.6 is 0 Å². The van der Waals surface area contributed by atoms with Crippen molar-refractivity contribution in [3.05, 3.63) is 87.1 Å². The number of hydrogen-bond donors (Lipinski definition) is 1. The fourth-order valence-corrected chi connectivity index (χ4v) is 5.33. The molecule has 0 radical (unpaired) electrons.